The molecule has 0 aromatic heterocycles. The van der Waals surface area contributed by atoms with Gasteiger partial charge in [-0.05, 0) is 67.1 Å². The normalized spacial score (nSPS) is 16.4. The number of halogens is 3. The van der Waals surface area contributed by atoms with E-state index in [0.717, 1.165) is 17.7 Å². The molecule has 4 nitrogen and oxygen atoms in total. The number of aromatic hydroxyl groups is 1. The Morgan fingerprint density at radius 1 is 0.968 bits per heavy atom. The number of aryl methyl sites for hydroxylation is 1. The van der Waals surface area contributed by atoms with Gasteiger partial charge in [0.2, 0.25) is 0 Å². The summed E-state index contributed by atoms with van der Waals surface area (Å²) in [5.41, 5.74) is 2.26. The molecule has 4 rings (SSSR count). The molecule has 0 saturated carbocycles. The van der Waals surface area contributed by atoms with Gasteiger partial charge in [0.15, 0.2) is 0 Å². The molecule has 158 valence electrons. The van der Waals surface area contributed by atoms with Crippen LogP contribution in [0.2, 0.25) is 0 Å². The molecule has 0 bridgehead atoms. The van der Waals surface area contributed by atoms with E-state index in [1.807, 2.05) is 31.2 Å². The van der Waals surface area contributed by atoms with Gasteiger partial charge in [-0.1, -0.05) is 29.8 Å². The Labute approximate surface area is 177 Å². The van der Waals surface area contributed by atoms with Gasteiger partial charge in [0.1, 0.15) is 11.4 Å². The van der Waals surface area contributed by atoms with Crippen molar-refractivity contribution >= 4 is 17.3 Å². The number of amides is 1. The second-order valence-corrected chi connectivity index (χ2v) is 7.33. The molecule has 1 aliphatic rings. The number of carbonyl (C=O) groups is 1. The average molecular weight is 424 g/mol. The molecule has 3 aromatic rings. The summed E-state index contributed by atoms with van der Waals surface area (Å²) >= 11 is 0. The zero-order valence-corrected chi connectivity index (χ0v) is 16.5. The zero-order chi connectivity index (χ0) is 22.2. The first kappa shape index (κ1) is 20.5. The molecule has 2 N–H and O–H groups in total. The highest BCUT2D eigenvalue weighted by Gasteiger charge is 2.36. The van der Waals surface area contributed by atoms with Crippen molar-refractivity contribution < 1.29 is 23.1 Å². The maximum atomic E-state index is 13.2. The molecule has 1 unspecified atom stereocenters. The van der Waals surface area contributed by atoms with Crippen molar-refractivity contribution in [2.24, 2.45) is 0 Å². The largest absolute Gasteiger partial charge is 0.508 e. The number of nitrogens with zero attached hydrogens (tertiary/aromatic N) is 1. The van der Waals surface area contributed by atoms with Crippen molar-refractivity contribution in [1.29, 1.82) is 0 Å². The number of alkyl halides is 3. The third kappa shape index (κ3) is 4.26. The van der Waals surface area contributed by atoms with Gasteiger partial charge < -0.3 is 10.4 Å². The van der Waals surface area contributed by atoms with Crippen molar-refractivity contribution in [1.82, 2.24) is 0 Å². The number of phenols is 1. The lowest BCUT2D eigenvalue weighted by Crippen LogP contribution is -2.30. The van der Waals surface area contributed by atoms with Gasteiger partial charge in [0, 0.05) is 11.4 Å². The van der Waals surface area contributed by atoms with Gasteiger partial charge in [-0.3, -0.25) is 9.69 Å². The number of rotatable bonds is 4. The van der Waals surface area contributed by atoms with Crippen molar-refractivity contribution in [2.75, 3.05) is 10.2 Å². The molecule has 0 saturated heterocycles. The molecule has 31 heavy (non-hydrogen) atoms. The number of nitrogens with one attached hydrogen (secondary N) is 1. The summed E-state index contributed by atoms with van der Waals surface area (Å²) in [7, 11) is 0. The third-order valence-electron chi connectivity index (χ3n) is 5.07. The number of benzene rings is 3. The molecular weight excluding hydrogens is 405 g/mol. The molecule has 3 aromatic carbocycles. The Bertz CT molecular complexity index is 1140. The molecule has 1 heterocycles. The molecule has 1 aliphatic heterocycles. The van der Waals surface area contributed by atoms with Crippen molar-refractivity contribution in [2.45, 2.75) is 19.1 Å². The van der Waals surface area contributed by atoms with Gasteiger partial charge in [0.25, 0.3) is 5.91 Å². The zero-order valence-electron chi connectivity index (χ0n) is 16.5. The van der Waals surface area contributed by atoms with E-state index in [0.29, 0.717) is 22.6 Å². The Morgan fingerprint density at radius 3 is 2.26 bits per heavy atom. The molecule has 1 atom stereocenters. The number of phenolic OH excluding ortho intramolecular Hbond substituents is 1. The van der Waals surface area contributed by atoms with Crippen LogP contribution in [0, 0.1) is 6.92 Å². The van der Waals surface area contributed by atoms with E-state index in [1.54, 1.807) is 18.2 Å². The highest BCUT2D eigenvalue weighted by Crippen LogP contribution is 2.38. The highest BCUT2D eigenvalue weighted by atomic mass is 19.4. The predicted molar refractivity (Wildman–Crippen MR) is 113 cm³/mol. The van der Waals surface area contributed by atoms with E-state index in [2.05, 4.69) is 5.32 Å². The first-order chi connectivity index (χ1) is 14.7. The molecule has 0 radical (unpaired) electrons. The molecule has 1 amide bonds. The fourth-order valence-electron chi connectivity index (χ4n) is 3.49. The number of carbonyl (C=O) groups excluding carboxylic acids is 1. The minimum absolute atomic E-state index is 0.0330. The summed E-state index contributed by atoms with van der Waals surface area (Å²) in [4.78, 5) is 14.6. The molecular formula is C24H19F3N2O2. The quantitative estimate of drug-likeness (QED) is 0.556. The summed E-state index contributed by atoms with van der Waals surface area (Å²) in [6.45, 7) is 1.95. The Hall–Kier alpha value is -3.74. The SMILES string of the molecule is Cc1ccc(NC2=CC(c3cccc(O)c3)N(c3ccc(C(F)(F)F)cc3)C2=O)cc1. The second-order valence-electron chi connectivity index (χ2n) is 7.33. The van der Waals surface area contributed by atoms with Gasteiger partial charge in [-0.2, -0.15) is 13.2 Å². The van der Waals surface area contributed by atoms with Gasteiger partial charge in [0.05, 0.1) is 11.6 Å². The predicted octanol–water partition coefficient (Wildman–Crippen LogP) is 5.80. The van der Waals surface area contributed by atoms with Crippen LogP contribution in [0.3, 0.4) is 0 Å². The Kier molecular flexibility index (Phi) is 5.19. The van der Waals surface area contributed by atoms with Crippen LogP contribution in [0.5, 0.6) is 5.75 Å². The van der Waals surface area contributed by atoms with Crippen LogP contribution in [0.25, 0.3) is 0 Å². The smallest absolute Gasteiger partial charge is 0.416 e. The number of anilines is 2. The first-order valence-electron chi connectivity index (χ1n) is 9.57. The van der Waals surface area contributed by atoms with E-state index in [1.165, 1.54) is 29.2 Å². The van der Waals surface area contributed by atoms with Crippen LogP contribution in [-0.2, 0) is 11.0 Å². The first-order valence-corrected chi connectivity index (χ1v) is 9.57. The van der Waals surface area contributed by atoms with Crippen LogP contribution in [0.15, 0.2) is 84.6 Å². The van der Waals surface area contributed by atoms with Gasteiger partial charge in [-0.25, -0.2) is 0 Å². The van der Waals surface area contributed by atoms with Crippen molar-refractivity contribution in [3.05, 3.63) is 101 Å². The Balaban J connectivity index is 1.72. The summed E-state index contributed by atoms with van der Waals surface area (Å²) < 4.78 is 38.9. The van der Waals surface area contributed by atoms with Crippen molar-refractivity contribution in [3.63, 3.8) is 0 Å². The van der Waals surface area contributed by atoms with Crippen LogP contribution in [0.1, 0.15) is 22.7 Å². The molecule has 7 heteroatoms. The summed E-state index contributed by atoms with van der Waals surface area (Å²) in [6.07, 6.45) is -2.76. The highest BCUT2D eigenvalue weighted by molar-refractivity contribution is 6.11. The Morgan fingerprint density at radius 2 is 1.65 bits per heavy atom. The fourth-order valence-corrected chi connectivity index (χ4v) is 3.49. The third-order valence-corrected chi connectivity index (χ3v) is 5.07. The lowest BCUT2D eigenvalue weighted by Gasteiger charge is -2.25. The van der Waals surface area contributed by atoms with Gasteiger partial charge in [-0.15, -0.1) is 0 Å². The van der Waals surface area contributed by atoms with Crippen LogP contribution in [-0.4, -0.2) is 11.0 Å². The molecule has 0 aliphatic carbocycles. The maximum Gasteiger partial charge on any atom is 0.416 e. The van der Waals surface area contributed by atoms with Crippen LogP contribution < -0.4 is 10.2 Å². The number of hydrogen-bond acceptors (Lipinski definition) is 3. The van der Waals surface area contributed by atoms with E-state index in [-0.39, 0.29) is 11.7 Å². The van der Waals surface area contributed by atoms with E-state index in [4.69, 9.17) is 0 Å². The summed E-state index contributed by atoms with van der Waals surface area (Å²) in [5.74, 6) is -0.348. The molecule has 0 fully saturated rings. The van der Waals surface area contributed by atoms with Gasteiger partial charge >= 0.3 is 6.18 Å². The number of hydrogen-bond donors (Lipinski definition) is 2. The average Bonchev–Trinajstić information content (AvgIpc) is 3.05. The molecule has 0 spiro atoms. The lowest BCUT2D eigenvalue weighted by atomic mass is 10.1. The van der Waals surface area contributed by atoms with E-state index in [9.17, 15) is 23.1 Å². The van der Waals surface area contributed by atoms with Crippen LogP contribution in [0.4, 0.5) is 24.5 Å². The van der Waals surface area contributed by atoms with E-state index >= 15 is 0 Å². The minimum Gasteiger partial charge on any atom is -0.508 e. The second kappa shape index (κ2) is 7.83. The standard InChI is InChI=1S/C24H19F3N2O2/c1-15-5-9-18(10-6-15)28-21-14-22(16-3-2-4-20(30)13-16)29(23(21)31)19-11-7-17(8-12-19)24(25,26)27/h2-14,22,28,30H,1H3. The monoisotopic (exact) mass is 424 g/mol. The van der Waals surface area contributed by atoms with E-state index < -0.39 is 17.8 Å². The topological polar surface area (TPSA) is 52.6 Å². The summed E-state index contributed by atoms with van der Waals surface area (Å²) in [5, 5.41) is 13.0. The van der Waals surface area contributed by atoms with Crippen LogP contribution >= 0.6 is 0 Å². The maximum absolute atomic E-state index is 13.2. The summed E-state index contributed by atoms with van der Waals surface area (Å²) in [6, 6.07) is 17.8. The fraction of sp³-hybridized carbons (Fsp3) is 0.125. The van der Waals surface area contributed by atoms with Crippen molar-refractivity contribution in [3.8, 4) is 5.75 Å². The lowest BCUT2D eigenvalue weighted by molar-refractivity contribution is -0.137. The minimum atomic E-state index is -4.46.